The number of nitrogens with zero attached hydrogens (tertiary/aromatic N) is 2. The first-order valence-corrected chi connectivity index (χ1v) is 9.15. The van der Waals surface area contributed by atoms with Crippen LogP contribution in [0.25, 0.3) is 20.2 Å². The predicted molar refractivity (Wildman–Crippen MR) is 106 cm³/mol. The van der Waals surface area contributed by atoms with Gasteiger partial charge >= 0.3 is 21.1 Å². The first-order chi connectivity index (χ1) is 13.3. The minimum atomic E-state index is 0. The van der Waals surface area contributed by atoms with Crippen LogP contribution in [0.15, 0.2) is 73.1 Å². The van der Waals surface area contributed by atoms with Crippen LogP contribution in [-0.4, -0.2) is 9.97 Å². The summed E-state index contributed by atoms with van der Waals surface area (Å²) in [6.45, 7) is 0. The van der Waals surface area contributed by atoms with Gasteiger partial charge in [-0.3, -0.25) is 11.3 Å². The Bertz CT molecular complexity index is 1130. The molecular formula is C22H12N2O2PtS. The van der Waals surface area contributed by atoms with Crippen LogP contribution in [-0.2, 0) is 21.1 Å². The normalized spacial score (nSPS) is 10.6. The molecule has 5 rings (SSSR count). The summed E-state index contributed by atoms with van der Waals surface area (Å²) in [5, 5.41) is 1.91. The molecule has 0 N–H and O–H groups in total. The van der Waals surface area contributed by atoms with E-state index in [0.717, 1.165) is 20.2 Å². The van der Waals surface area contributed by atoms with E-state index in [1.807, 2.05) is 60.7 Å². The van der Waals surface area contributed by atoms with E-state index in [-0.39, 0.29) is 21.1 Å². The fraction of sp³-hybridized carbons (Fsp3) is 0. The summed E-state index contributed by atoms with van der Waals surface area (Å²) in [6.07, 6.45) is 3.39. The maximum Gasteiger partial charge on any atom is 2.00 e. The van der Waals surface area contributed by atoms with Crippen molar-refractivity contribution in [1.82, 2.24) is 9.97 Å². The van der Waals surface area contributed by atoms with E-state index in [1.54, 1.807) is 23.7 Å². The van der Waals surface area contributed by atoms with Crippen LogP contribution < -0.4 is 9.47 Å². The minimum absolute atomic E-state index is 0. The van der Waals surface area contributed by atoms with E-state index in [0.29, 0.717) is 23.3 Å². The SMILES string of the molecule is [Pt+2].[c-]1c(Oc2ccccn2)ccc2sc3ccc(Oc4ccccn4)[c-]c3c12. The second-order valence-corrected chi connectivity index (χ2v) is 6.85. The van der Waals surface area contributed by atoms with E-state index in [1.165, 1.54) is 0 Å². The van der Waals surface area contributed by atoms with Gasteiger partial charge in [-0.25, -0.2) is 20.7 Å². The molecule has 138 valence electrons. The monoisotopic (exact) mass is 563 g/mol. The molecule has 0 bridgehead atoms. The third-order valence-corrected chi connectivity index (χ3v) is 5.06. The number of pyridine rings is 2. The van der Waals surface area contributed by atoms with Crippen molar-refractivity contribution in [3.05, 3.63) is 85.2 Å². The summed E-state index contributed by atoms with van der Waals surface area (Å²) < 4.78 is 13.9. The first kappa shape index (κ1) is 18.6. The van der Waals surface area contributed by atoms with Gasteiger partial charge in [0.25, 0.3) is 0 Å². The van der Waals surface area contributed by atoms with Gasteiger partial charge in [-0.05, 0) is 12.1 Å². The molecule has 0 saturated carbocycles. The van der Waals surface area contributed by atoms with Crippen molar-refractivity contribution in [1.29, 1.82) is 0 Å². The number of hydrogen-bond donors (Lipinski definition) is 0. The molecule has 0 radical (unpaired) electrons. The summed E-state index contributed by atoms with van der Waals surface area (Å²) in [6, 6.07) is 25.6. The first-order valence-electron chi connectivity index (χ1n) is 8.34. The average Bonchev–Trinajstić information content (AvgIpc) is 3.07. The van der Waals surface area contributed by atoms with Crippen molar-refractivity contribution in [2.24, 2.45) is 0 Å². The van der Waals surface area contributed by atoms with Crippen molar-refractivity contribution in [3.8, 4) is 23.3 Å². The second-order valence-electron chi connectivity index (χ2n) is 5.77. The molecule has 0 amide bonds. The van der Waals surface area contributed by atoms with Gasteiger partial charge in [-0.15, -0.1) is 45.8 Å². The van der Waals surface area contributed by atoms with E-state index >= 15 is 0 Å². The van der Waals surface area contributed by atoms with Crippen LogP contribution in [0.1, 0.15) is 0 Å². The molecule has 2 aromatic carbocycles. The molecule has 5 aromatic rings. The molecule has 0 aliphatic heterocycles. The van der Waals surface area contributed by atoms with Crippen molar-refractivity contribution in [2.75, 3.05) is 0 Å². The molecule has 0 spiro atoms. The topological polar surface area (TPSA) is 44.2 Å². The van der Waals surface area contributed by atoms with Gasteiger partial charge in [0, 0.05) is 36.0 Å². The Hall–Kier alpha value is -2.75. The predicted octanol–water partition coefficient (Wildman–Crippen LogP) is 6.03. The Labute approximate surface area is 180 Å². The van der Waals surface area contributed by atoms with Crippen LogP contribution in [0.4, 0.5) is 0 Å². The Morgan fingerprint density at radius 1 is 0.643 bits per heavy atom. The summed E-state index contributed by atoms with van der Waals surface area (Å²) in [5.74, 6) is 2.31. The number of fused-ring (bicyclic) bond motifs is 3. The standard InChI is InChI=1S/C22H12N2O2S.Pt/c1-3-11-23-21(5-1)25-15-7-9-19-17(13-15)18-14-16(8-10-20(18)27-19)26-22-6-2-4-12-24-22;/h1-12H;/q-2;+2. The zero-order chi connectivity index (χ0) is 18.1. The minimum Gasteiger partial charge on any atom is -0.460 e. The van der Waals surface area contributed by atoms with Gasteiger partial charge in [0.2, 0.25) is 11.8 Å². The number of rotatable bonds is 4. The second kappa shape index (κ2) is 8.09. The smallest absolute Gasteiger partial charge is 0.460 e. The number of benzene rings is 2. The number of thiophene rings is 1. The average molecular weight is 563 g/mol. The maximum absolute atomic E-state index is 5.81. The van der Waals surface area contributed by atoms with Gasteiger partial charge in [-0.1, -0.05) is 12.1 Å². The fourth-order valence-electron chi connectivity index (χ4n) is 2.74. The van der Waals surface area contributed by atoms with Crippen molar-refractivity contribution < 1.29 is 30.5 Å². The van der Waals surface area contributed by atoms with Crippen molar-refractivity contribution in [2.45, 2.75) is 0 Å². The molecule has 3 aromatic heterocycles. The number of aromatic nitrogens is 2. The van der Waals surface area contributed by atoms with Gasteiger partial charge in [-0.2, -0.15) is 0 Å². The van der Waals surface area contributed by atoms with E-state index in [9.17, 15) is 0 Å². The van der Waals surface area contributed by atoms with E-state index in [4.69, 9.17) is 9.47 Å². The Balaban J connectivity index is 0.00000192. The molecule has 28 heavy (non-hydrogen) atoms. The van der Waals surface area contributed by atoms with Crippen molar-refractivity contribution in [3.63, 3.8) is 0 Å². The van der Waals surface area contributed by atoms with Crippen LogP contribution in [0.2, 0.25) is 0 Å². The Morgan fingerprint density at radius 2 is 1.14 bits per heavy atom. The Morgan fingerprint density at radius 3 is 1.57 bits per heavy atom. The quantitative estimate of drug-likeness (QED) is 0.251. The summed E-state index contributed by atoms with van der Waals surface area (Å²) in [7, 11) is 0. The van der Waals surface area contributed by atoms with Crippen LogP contribution in [0.3, 0.4) is 0 Å². The summed E-state index contributed by atoms with van der Waals surface area (Å²) in [5.41, 5.74) is 0. The zero-order valence-electron chi connectivity index (χ0n) is 14.4. The Kier molecular flexibility index (Phi) is 5.38. The fourth-order valence-corrected chi connectivity index (χ4v) is 3.76. The molecule has 0 aliphatic rings. The molecule has 0 unspecified atom stereocenters. The van der Waals surface area contributed by atoms with Gasteiger partial charge in [0.05, 0.1) is 0 Å². The summed E-state index contributed by atoms with van der Waals surface area (Å²) in [4.78, 5) is 8.38. The molecular weight excluding hydrogens is 551 g/mol. The van der Waals surface area contributed by atoms with Crippen LogP contribution in [0, 0.1) is 12.1 Å². The van der Waals surface area contributed by atoms with Gasteiger partial charge in [0.1, 0.15) is 0 Å². The summed E-state index contributed by atoms with van der Waals surface area (Å²) >= 11 is 1.69. The molecule has 0 aliphatic carbocycles. The van der Waals surface area contributed by atoms with Crippen LogP contribution in [0.5, 0.6) is 23.3 Å². The molecule has 4 nitrogen and oxygen atoms in total. The molecule has 6 heteroatoms. The largest absolute Gasteiger partial charge is 2.00 e. The third-order valence-electron chi connectivity index (χ3n) is 3.94. The zero-order valence-corrected chi connectivity index (χ0v) is 17.5. The number of hydrogen-bond acceptors (Lipinski definition) is 5. The molecule has 0 saturated heterocycles. The third kappa shape index (κ3) is 3.77. The van der Waals surface area contributed by atoms with Gasteiger partial charge < -0.3 is 9.47 Å². The van der Waals surface area contributed by atoms with Crippen molar-refractivity contribution >= 4 is 31.5 Å². The molecule has 3 heterocycles. The van der Waals surface area contributed by atoms with Crippen LogP contribution >= 0.6 is 11.3 Å². The van der Waals surface area contributed by atoms with E-state index < -0.39 is 0 Å². The number of ether oxygens (including phenoxy) is 2. The molecule has 0 fully saturated rings. The van der Waals surface area contributed by atoms with E-state index in [2.05, 4.69) is 22.1 Å². The molecule has 0 atom stereocenters. The van der Waals surface area contributed by atoms with Gasteiger partial charge in [0.15, 0.2) is 0 Å². The maximum atomic E-state index is 5.81.